The molecular weight excluding hydrogens is 228 g/mol. The van der Waals surface area contributed by atoms with E-state index in [0.29, 0.717) is 11.5 Å². The van der Waals surface area contributed by atoms with E-state index < -0.39 is 0 Å². The zero-order valence-electron chi connectivity index (χ0n) is 11.0. The van der Waals surface area contributed by atoms with Crippen LogP contribution in [-0.2, 0) is 4.79 Å². The largest absolute Gasteiger partial charge is 0.497 e. The van der Waals surface area contributed by atoms with E-state index in [1.54, 1.807) is 38.3 Å². The molecule has 18 heavy (non-hydrogen) atoms. The van der Waals surface area contributed by atoms with Gasteiger partial charge < -0.3 is 4.74 Å². The van der Waals surface area contributed by atoms with Crippen LogP contribution in [0.3, 0.4) is 0 Å². The maximum atomic E-state index is 12.4. The second kappa shape index (κ2) is 4.92. The Balaban J connectivity index is 2.17. The van der Waals surface area contributed by atoms with Crippen molar-refractivity contribution in [2.75, 3.05) is 7.11 Å². The molecule has 3 atom stereocenters. The number of hydrogen-bond acceptors (Lipinski definition) is 3. The Morgan fingerprint density at radius 2 is 1.83 bits per heavy atom. The summed E-state index contributed by atoms with van der Waals surface area (Å²) >= 11 is 0. The number of hydrogen-bond donors (Lipinski definition) is 0. The molecule has 0 unspecified atom stereocenters. The Labute approximate surface area is 107 Å². The van der Waals surface area contributed by atoms with E-state index in [0.717, 1.165) is 12.2 Å². The van der Waals surface area contributed by atoms with Gasteiger partial charge in [0.05, 0.1) is 7.11 Å². The van der Waals surface area contributed by atoms with Crippen LogP contribution in [0.5, 0.6) is 5.75 Å². The SMILES string of the molecule is COc1ccc(C(=O)[C@@H]2[C@@H](C)C[C@H]2C(C)=O)cc1. The second-order valence-corrected chi connectivity index (χ2v) is 5.05. The van der Waals surface area contributed by atoms with E-state index in [-0.39, 0.29) is 23.4 Å². The van der Waals surface area contributed by atoms with Crippen molar-refractivity contribution in [2.45, 2.75) is 20.3 Å². The first-order valence-corrected chi connectivity index (χ1v) is 6.23. The number of carbonyl (C=O) groups excluding carboxylic acids is 2. The normalized spacial score (nSPS) is 26.3. The Morgan fingerprint density at radius 1 is 1.22 bits per heavy atom. The van der Waals surface area contributed by atoms with Gasteiger partial charge in [-0.3, -0.25) is 9.59 Å². The molecule has 0 spiro atoms. The van der Waals surface area contributed by atoms with Crippen molar-refractivity contribution >= 4 is 11.6 Å². The van der Waals surface area contributed by atoms with E-state index in [2.05, 4.69) is 0 Å². The first kappa shape index (κ1) is 12.8. The van der Waals surface area contributed by atoms with Crippen LogP contribution in [0.4, 0.5) is 0 Å². The van der Waals surface area contributed by atoms with Crippen molar-refractivity contribution < 1.29 is 14.3 Å². The number of ether oxygens (including phenoxy) is 1. The summed E-state index contributed by atoms with van der Waals surface area (Å²) in [4.78, 5) is 23.8. The molecule has 0 saturated heterocycles. The Hall–Kier alpha value is -1.64. The molecule has 0 heterocycles. The highest BCUT2D eigenvalue weighted by Crippen LogP contribution is 2.42. The average molecular weight is 246 g/mol. The van der Waals surface area contributed by atoms with E-state index in [4.69, 9.17) is 4.74 Å². The quantitative estimate of drug-likeness (QED) is 0.767. The third kappa shape index (κ3) is 2.17. The van der Waals surface area contributed by atoms with Crippen LogP contribution in [0.15, 0.2) is 24.3 Å². The number of carbonyl (C=O) groups is 2. The fourth-order valence-electron chi connectivity index (χ4n) is 2.70. The lowest BCUT2D eigenvalue weighted by Crippen LogP contribution is -2.44. The predicted molar refractivity (Wildman–Crippen MR) is 68.8 cm³/mol. The number of ketones is 2. The summed E-state index contributed by atoms with van der Waals surface area (Å²) in [6, 6.07) is 7.09. The molecule has 1 aromatic carbocycles. The maximum Gasteiger partial charge on any atom is 0.166 e. The van der Waals surface area contributed by atoms with Crippen molar-refractivity contribution in [1.29, 1.82) is 0 Å². The van der Waals surface area contributed by atoms with Gasteiger partial charge in [0.15, 0.2) is 5.78 Å². The van der Waals surface area contributed by atoms with Gasteiger partial charge in [-0.15, -0.1) is 0 Å². The molecule has 3 heteroatoms. The van der Waals surface area contributed by atoms with Crippen LogP contribution >= 0.6 is 0 Å². The fraction of sp³-hybridized carbons (Fsp3) is 0.467. The minimum absolute atomic E-state index is 0.0802. The van der Waals surface area contributed by atoms with Gasteiger partial charge in [0, 0.05) is 17.4 Å². The molecule has 1 aliphatic carbocycles. The van der Waals surface area contributed by atoms with Gasteiger partial charge in [0.2, 0.25) is 0 Å². The van der Waals surface area contributed by atoms with E-state index >= 15 is 0 Å². The van der Waals surface area contributed by atoms with Gasteiger partial charge >= 0.3 is 0 Å². The van der Waals surface area contributed by atoms with Gasteiger partial charge in [-0.2, -0.15) is 0 Å². The smallest absolute Gasteiger partial charge is 0.166 e. The van der Waals surface area contributed by atoms with E-state index in [9.17, 15) is 9.59 Å². The topological polar surface area (TPSA) is 43.4 Å². The van der Waals surface area contributed by atoms with Crippen LogP contribution in [0.2, 0.25) is 0 Å². The third-order valence-corrected chi connectivity index (χ3v) is 3.87. The lowest BCUT2D eigenvalue weighted by molar-refractivity contribution is -0.127. The Kier molecular flexibility index (Phi) is 3.50. The van der Waals surface area contributed by atoms with Crippen LogP contribution < -0.4 is 4.74 Å². The molecule has 0 radical (unpaired) electrons. The van der Waals surface area contributed by atoms with E-state index in [1.165, 1.54) is 0 Å². The predicted octanol–water partition coefficient (Wildman–Crippen LogP) is 2.74. The molecule has 0 N–H and O–H groups in total. The van der Waals surface area contributed by atoms with Crippen LogP contribution in [-0.4, -0.2) is 18.7 Å². The lowest BCUT2D eigenvalue weighted by atomic mass is 9.61. The van der Waals surface area contributed by atoms with Crippen molar-refractivity contribution in [1.82, 2.24) is 0 Å². The third-order valence-electron chi connectivity index (χ3n) is 3.87. The van der Waals surface area contributed by atoms with E-state index in [1.807, 2.05) is 6.92 Å². The number of Topliss-reactive ketones (excluding diaryl/α,β-unsaturated/α-hetero) is 2. The summed E-state index contributed by atoms with van der Waals surface area (Å²) in [6.07, 6.45) is 0.835. The molecule has 2 rings (SSSR count). The van der Waals surface area contributed by atoms with Gasteiger partial charge in [-0.05, 0) is 43.5 Å². The molecular formula is C15H18O3. The van der Waals surface area contributed by atoms with Crippen molar-refractivity contribution in [3.05, 3.63) is 29.8 Å². The summed E-state index contributed by atoms with van der Waals surface area (Å²) in [5, 5.41) is 0. The highest BCUT2D eigenvalue weighted by atomic mass is 16.5. The highest BCUT2D eigenvalue weighted by Gasteiger charge is 2.45. The lowest BCUT2D eigenvalue weighted by Gasteiger charge is -2.40. The molecule has 0 aliphatic heterocycles. The summed E-state index contributed by atoms with van der Waals surface area (Å²) in [5.41, 5.74) is 0.665. The van der Waals surface area contributed by atoms with Gasteiger partial charge in [-0.1, -0.05) is 6.92 Å². The zero-order valence-corrected chi connectivity index (χ0v) is 11.0. The Bertz CT molecular complexity index is 461. The first-order valence-electron chi connectivity index (χ1n) is 6.23. The highest BCUT2D eigenvalue weighted by molar-refractivity contribution is 6.01. The molecule has 1 aromatic rings. The molecule has 1 aliphatic rings. The van der Waals surface area contributed by atoms with Gasteiger partial charge in [0.1, 0.15) is 11.5 Å². The second-order valence-electron chi connectivity index (χ2n) is 5.05. The molecule has 0 amide bonds. The molecule has 1 fully saturated rings. The standard InChI is InChI=1S/C15H18O3/c1-9-8-13(10(2)16)14(9)15(17)11-4-6-12(18-3)7-5-11/h4-7,9,13-14H,8H2,1-3H3/t9-,13-,14+/m0/s1. The zero-order chi connectivity index (χ0) is 13.3. The van der Waals surface area contributed by atoms with Gasteiger partial charge in [0.25, 0.3) is 0 Å². The summed E-state index contributed by atoms with van der Waals surface area (Å²) in [7, 11) is 1.59. The van der Waals surface area contributed by atoms with Crippen molar-refractivity contribution in [3.8, 4) is 5.75 Å². The van der Waals surface area contributed by atoms with Crippen molar-refractivity contribution in [3.63, 3.8) is 0 Å². The number of methoxy groups -OCH3 is 1. The summed E-state index contributed by atoms with van der Waals surface area (Å²) < 4.78 is 5.06. The minimum atomic E-state index is -0.143. The molecule has 96 valence electrons. The van der Waals surface area contributed by atoms with Gasteiger partial charge in [-0.25, -0.2) is 0 Å². The average Bonchev–Trinajstić information content (AvgIpc) is 2.35. The van der Waals surface area contributed by atoms with Crippen LogP contribution in [0, 0.1) is 17.8 Å². The number of rotatable bonds is 4. The summed E-state index contributed by atoms with van der Waals surface area (Å²) in [6.45, 7) is 3.61. The van der Waals surface area contributed by atoms with Crippen molar-refractivity contribution in [2.24, 2.45) is 17.8 Å². The fourth-order valence-corrected chi connectivity index (χ4v) is 2.70. The van der Waals surface area contributed by atoms with Crippen LogP contribution in [0.25, 0.3) is 0 Å². The molecule has 1 saturated carbocycles. The summed E-state index contributed by atoms with van der Waals surface area (Å²) in [5.74, 6) is 1.01. The Morgan fingerprint density at radius 3 is 2.28 bits per heavy atom. The molecule has 0 bridgehead atoms. The first-order chi connectivity index (χ1) is 8.54. The maximum absolute atomic E-state index is 12.4. The molecule has 0 aromatic heterocycles. The monoisotopic (exact) mass is 246 g/mol. The number of benzene rings is 1. The molecule has 3 nitrogen and oxygen atoms in total. The minimum Gasteiger partial charge on any atom is -0.497 e. The van der Waals surface area contributed by atoms with Crippen LogP contribution in [0.1, 0.15) is 30.6 Å².